The molecular formula is C9H7F2NO. The summed E-state index contributed by atoms with van der Waals surface area (Å²) in [4.78, 5) is 0. The number of phenolic OH excluding ortho intramolecular Hbond substituents is 1. The van der Waals surface area contributed by atoms with Crippen LogP contribution in [0.4, 0.5) is 8.78 Å². The first-order chi connectivity index (χ1) is 6.07. The number of aromatic hydroxyl groups is 1. The summed E-state index contributed by atoms with van der Waals surface area (Å²) in [5.41, 5.74) is -0.289. The van der Waals surface area contributed by atoms with Gasteiger partial charge in [-0.15, -0.1) is 0 Å². The number of hydrogen-bond acceptors (Lipinski definition) is 2. The van der Waals surface area contributed by atoms with Crippen LogP contribution in [-0.2, 0) is 0 Å². The van der Waals surface area contributed by atoms with Crippen molar-refractivity contribution in [1.29, 1.82) is 5.26 Å². The average Bonchev–Trinajstić information content (AvgIpc) is 2.12. The first-order valence-corrected chi connectivity index (χ1v) is 3.64. The van der Waals surface area contributed by atoms with Gasteiger partial charge in [-0.2, -0.15) is 5.26 Å². The molecule has 0 radical (unpaired) electrons. The summed E-state index contributed by atoms with van der Waals surface area (Å²) in [5.74, 6) is -3.34. The van der Waals surface area contributed by atoms with Gasteiger partial charge in [0.2, 0.25) is 0 Å². The number of hydrogen-bond donors (Lipinski definition) is 1. The minimum Gasteiger partial charge on any atom is -0.505 e. The molecule has 0 spiro atoms. The molecular weight excluding hydrogens is 176 g/mol. The first-order valence-electron chi connectivity index (χ1n) is 3.64. The monoisotopic (exact) mass is 183 g/mol. The Morgan fingerprint density at radius 2 is 1.92 bits per heavy atom. The van der Waals surface area contributed by atoms with Crippen LogP contribution in [-0.4, -0.2) is 5.11 Å². The highest BCUT2D eigenvalue weighted by molar-refractivity contribution is 5.39. The van der Waals surface area contributed by atoms with E-state index in [9.17, 15) is 8.78 Å². The van der Waals surface area contributed by atoms with E-state index in [2.05, 4.69) is 0 Å². The molecule has 13 heavy (non-hydrogen) atoms. The first kappa shape index (κ1) is 9.46. The maximum absolute atomic E-state index is 13.0. The topological polar surface area (TPSA) is 44.0 Å². The largest absolute Gasteiger partial charge is 0.505 e. The molecule has 0 bridgehead atoms. The second-order valence-electron chi connectivity index (χ2n) is 2.64. The van der Waals surface area contributed by atoms with Crippen molar-refractivity contribution < 1.29 is 13.9 Å². The molecule has 0 aliphatic rings. The molecule has 0 aliphatic carbocycles. The van der Waals surface area contributed by atoms with Crippen LogP contribution >= 0.6 is 0 Å². The van der Waals surface area contributed by atoms with Gasteiger partial charge in [0.05, 0.1) is 12.0 Å². The number of rotatable bonds is 1. The van der Waals surface area contributed by atoms with Crippen molar-refractivity contribution in [1.82, 2.24) is 0 Å². The van der Waals surface area contributed by atoms with Gasteiger partial charge in [0, 0.05) is 5.56 Å². The molecule has 0 aliphatic heterocycles. The summed E-state index contributed by atoms with van der Waals surface area (Å²) in [7, 11) is 0. The lowest BCUT2D eigenvalue weighted by atomic mass is 10.0. The molecule has 1 atom stereocenters. The lowest BCUT2D eigenvalue weighted by Crippen LogP contribution is -1.97. The number of nitrogens with zero attached hydrogens (tertiary/aromatic N) is 1. The smallest absolute Gasteiger partial charge is 0.165 e. The molecule has 4 heteroatoms. The Bertz CT molecular complexity index is 371. The Hall–Kier alpha value is -1.63. The third-order valence-electron chi connectivity index (χ3n) is 1.74. The highest BCUT2D eigenvalue weighted by atomic mass is 19.1. The molecule has 68 valence electrons. The van der Waals surface area contributed by atoms with Crippen LogP contribution in [0.5, 0.6) is 5.75 Å². The zero-order chi connectivity index (χ0) is 10.0. The fourth-order valence-corrected chi connectivity index (χ4v) is 1.03. The van der Waals surface area contributed by atoms with Crippen LogP contribution in [0.15, 0.2) is 12.1 Å². The van der Waals surface area contributed by atoms with Crippen molar-refractivity contribution in [3.63, 3.8) is 0 Å². The van der Waals surface area contributed by atoms with Crippen molar-refractivity contribution in [3.05, 3.63) is 29.3 Å². The van der Waals surface area contributed by atoms with Gasteiger partial charge in [0.25, 0.3) is 0 Å². The predicted octanol–water partition coefficient (Wildman–Crippen LogP) is 2.30. The maximum Gasteiger partial charge on any atom is 0.165 e. The standard InChI is InChI=1S/C9H7F2NO/c1-5(4-12)8-6(10)2-3-7(11)9(8)13/h2-3,5,13H,1H3. The van der Waals surface area contributed by atoms with E-state index in [-0.39, 0.29) is 5.56 Å². The average molecular weight is 183 g/mol. The lowest BCUT2D eigenvalue weighted by molar-refractivity contribution is 0.416. The van der Waals surface area contributed by atoms with E-state index in [0.29, 0.717) is 0 Å². The summed E-state index contributed by atoms with van der Waals surface area (Å²) >= 11 is 0. The van der Waals surface area contributed by atoms with Gasteiger partial charge in [0.1, 0.15) is 5.82 Å². The van der Waals surface area contributed by atoms with Gasteiger partial charge >= 0.3 is 0 Å². The summed E-state index contributed by atoms with van der Waals surface area (Å²) in [6.45, 7) is 1.39. The SMILES string of the molecule is CC(C#N)c1c(F)ccc(F)c1O. The quantitative estimate of drug-likeness (QED) is 0.725. The van der Waals surface area contributed by atoms with Crippen LogP contribution in [0, 0.1) is 23.0 Å². The van der Waals surface area contributed by atoms with Gasteiger partial charge < -0.3 is 5.11 Å². The minimum absolute atomic E-state index is 0.289. The Morgan fingerprint density at radius 1 is 1.38 bits per heavy atom. The highest BCUT2D eigenvalue weighted by Gasteiger charge is 2.18. The zero-order valence-electron chi connectivity index (χ0n) is 6.88. The number of benzene rings is 1. The van der Waals surface area contributed by atoms with Crippen LogP contribution in [0.25, 0.3) is 0 Å². The van der Waals surface area contributed by atoms with Crippen molar-refractivity contribution >= 4 is 0 Å². The molecule has 2 nitrogen and oxygen atoms in total. The molecule has 0 saturated heterocycles. The Balaban J connectivity index is 3.35. The number of nitriles is 1. The van der Waals surface area contributed by atoms with Crippen LogP contribution in [0.3, 0.4) is 0 Å². The summed E-state index contributed by atoms with van der Waals surface area (Å²) in [5, 5.41) is 17.6. The van der Waals surface area contributed by atoms with E-state index in [4.69, 9.17) is 10.4 Å². The minimum atomic E-state index is -0.918. The van der Waals surface area contributed by atoms with Crippen LogP contribution in [0.1, 0.15) is 18.4 Å². The summed E-state index contributed by atoms with van der Waals surface area (Å²) in [6.07, 6.45) is 0. The van der Waals surface area contributed by atoms with Crippen molar-refractivity contribution in [2.75, 3.05) is 0 Å². The third-order valence-corrected chi connectivity index (χ3v) is 1.74. The second-order valence-corrected chi connectivity index (χ2v) is 2.64. The molecule has 1 unspecified atom stereocenters. The number of halogens is 2. The zero-order valence-corrected chi connectivity index (χ0v) is 6.88. The van der Waals surface area contributed by atoms with E-state index in [0.717, 1.165) is 12.1 Å². The van der Waals surface area contributed by atoms with E-state index in [1.807, 2.05) is 0 Å². The van der Waals surface area contributed by atoms with E-state index in [1.54, 1.807) is 6.07 Å². The molecule has 1 rings (SSSR count). The molecule has 1 aromatic carbocycles. The molecule has 0 heterocycles. The summed E-state index contributed by atoms with van der Waals surface area (Å²) < 4.78 is 25.7. The van der Waals surface area contributed by atoms with E-state index < -0.39 is 23.3 Å². The van der Waals surface area contributed by atoms with Gasteiger partial charge in [-0.1, -0.05) is 0 Å². The lowest BCUT2D eigenvalue weighted by Gasteiger charge is -2.07. The highest BCUT2D eigenvalue weighted by Crippen LogP contribution is 2.30. The fourth-order valence-electron chi connectivity index (χ4n) is 1.03. The van der Waals surface area contributed by atoms with Crippen molar-refractivity contribution in [2.24, 2.45) is 0 Å². The van der Waals surface area contributed by atoms with Crippen molar-refractivity contribution in [3.8, 4) is 11.8 Å². The molecule has 0 amide bonds. The Labute approximate surface area is 74.0 Å². The normalized spacial score (nSPS) is 12.2. The number of phenols is 1. The molecule has 1 N–H and O–H groups in total. The van der Waals surface area contributed by atoms with E-state index >= 15 is 0 Å². The molecule has 0 fully saturated rings. The van der Waals surface area contributed by atoms with Gasteiger partial charge in [0.15, 0.2) is 11.6 Å². The van der Waals surface area contributed by atoms with E-state index in [1.165, 1.54) is 6.92 Å². The summed E-state index contributed by atoms with van der Waals surface area (Å²) in [6, 6.07) is 3.43. The molecule has 0 aromatic heterocycles. The molecule has 1 aromatic rings. The Kier molecular flexibility index (Phi) is 2.47. The van der Waals surface area contributed by atoms with Crippen molar-refractivity contribution in [2.45, 2.75) is 12.8 Å². The second kappa shape index (κ2) is 3.40. The maximum atomic E-state index is 13.0. The fraction of sp³-hybridized carbons (Fsp3) is 0.222. The van der Waals surface area contributed by atoms with Crippen LogP contribution in [0.2, 0.25) is 0 Å². The van der Waals surface area contributed by atoms with Gasteiger partial charge in [-0.3, -0.25) is 0 Å². The third kappa shape index (κ3) is 1.59. The van der Waals surface area contributed by atoms with Gasteiger partial charge in [-0.25, -0.2) is 8.78 Å². The predicted molar refractivity (Wildman–Crippen MR) is 42.1 cm³/mol. The van der Waals surface area contributed by atoms with Crippen LogP contribution < -0.4 is 0 Å². The Morgan fingerprint density at radius 3 is 2.46 bits per heavy atom. The van der Waals surface area contributed by atoms with Gasteiger partial charge in [-0.05, 0) is 19.1 Å². The molecule has 0 saturated carbocycles.